The van der Waals surface area contributed by atoms with E-state index in [0.29, 0.717) is 47.5 Å². The second-order valence-electron chi connectivity index (χ2n) is 10.4. The molecule has 36 heavy (non-hydrogen) atoms. The number of carbonyl (C=O) groups is 1. The van der Waals surface area contributed by atoms with Gasteiger partial charge in [0.1, 0.15) is 11.8 Å². The zero-order valence-corrected chi connectivity index (χ0v) is 20.8. The third kappa shape index (κ3) is 3.19. The number of nitriles is 1. The third-order valence-electron chi connectivity index (χ3n) is 7.57. The van der Waals surface area contributed by atoms with E-state index < -0.39 is 5.72 Å². The Balaban J connectivity index is 1.37. The second kappa shape index (κ2) is 8.17. The summed E-state index contributed by atoms with van der Waals surface area (Å²) in [5.41, 5.74) is 3.40. The highest BCUT2D eigenvalue weighted by molar-refractivity contribution is 5.83. The monoisotopic (exact) mass is 484 g/mol. The lowest BCUT2D eigenvalue weighted by atomic mass is 9.96. The minimum absolute atomic E-state index is 0.0389. The Morgan fingerprint density at radius 1 is 1.19 bits per heavy atom. The Bertz CT molecular complexity index is 1400. The molecule has 1 aliphatic carbocycles. The summed E-state index contributed by atoms with van der Waals surface area (Å²) in [5.74, 6) is 1.90. The first-order valence-electron chi connectivity index (χ1n) is 12.5. The molecule has 3 aliphatic rings. The Labute approximate surface area is 209 Å². The van der Waals surface area contributed by atoms with Crippen LogP contribution in [0.1, 0.15) is 50.8 Å². The van der Waals surface area contributed by atoms with E-state index in [1.807, 2.05) is 36.9 Å². The van der Waals surface area contributed by atoms with Gasteiger partial charge in [0.2, 0.25) is 11.7 Å². The predicted octanol–water partition coefficient (Wildman–Crippen LogP) is 4.67. The highest BCUT2D eigenvalue weighted by Gasteiger charge is 2.65. The number of carbonyl (C=O) groups excluding carboxylic acids is 1. The van der Waals surface area contributed by atoms with Crippen molar-refractivity contribution in [3.63, 3.8) is 0 Å². The number of fused-ring (bicyclic) bond motifs is 1. The SMILES string of the molecule is CC(C)Oc1ccc(-c2nc(-c3cccc4c3C[C@H]3CC(=O)N5[C@H](C(C)C)COC435)no2)cc1C#N. The average molecular weight is 485 g/mol. The van der Waals surface area contributed by atoms with E-state index in [0.717, 1.165) is 23.1 Å². The molecule has 8 heteroatoms. The number of rotatable bonds is 5. The molecule has 3 atom stereocenters. The second-order valence-corrected chi connectivity index (χ2v) is 10.4. The minimum atomic E-state index is -0.697. The van der Waals surface area contributed by atoms with Gasteiger partial charge in [0.15, 0.2) is 5.72 Å². The molecule has 1 aromatic heterocycles. The molecule has 1 amide bonds. The maximum atomic E-state index is 13.0. The zero-order chi connectivity index (χ0) is 25.2. The Morgan fingerprint density at radius 3 is 2.78 bits per heavy atom. The standard InChI is InChI=1S/C28H28N4O4/c1-15(2)23-14-34-28-19(12-25(33)32(23)28)11-21-20(6-5-7-22(21)28)26-30-27(36-31-26)17-8-9-24(35-16(3)4)18(10-17)13-29/h5-10,15-16,19,23H,11-12,14H2,1-4H3/t19-,23-,28?/m0/s1. The molecule has 1 unspecified atom stereocenters. The van der Waals surface area contributed by atoms with Crippen LogP contribution in [0.15, 0.2) is 40.9 Å². The summed E-state index contributed by atoms with van der Waals surface area (Å²) in [6.07, 6.45) is 1.17. The van der Waals surface area contributed by atoms with Gasteiger partial charge >= 0.3 is 0 Å². The topological polar surface area (TPSA) is 101 Å². The van der Waals surface area contributed by atoms with Crippen molar-refractivity contribution in [3.8, 4) is 34.7 Å². The van der Waals surface area contributed by atoms with Crippen molar-refractivity contribution in [1.29, 1.82) is 5.26 Å². The van der Waals surface area contributed by atoms with Gasteiger partial charge in [-0.2, -0.15) is 10.2 Å². The van der Waals surface area contributed by atoms with Crippen molar-refractivity contribution in [3.05, 3.63) is 53.1 Å². The lowest BCUT2D eigenvalue weighted by Crippen LogP contribution is -2.46. The highest BCUT2D eigenvalue weighted by Crippen LogP contribution is 2.58. The zero-order valence-electron chi connectivity index (χ0n) is 20.8. The normalized spacial score (nSPS) is 24.2. The lowest BCUT2D eigenvalue weighted by molar-refractivity contribution is -0.142. The highest BCUT2D eigenvalue weighted by atomic mass is 16.5. The van der Waals surface area contributed by atoms with Gasteiger partial charge in [0.05, 0.1) is 24.3 Å². The van der Waals surface area contributed by atoms with Crippen LogP contribution in [0.25, 0.3) is 22.8 Å². The number of hydrogen-bond acceptors (Lipinski definition) is 7. The maximum Gasteiger partial charge on any atom is 0.258 e. The van der Waals surface area contributed by atoms with Gasteiger partial charge in [-0.1, -0.05) is 37.2 Å². The van der Waals surface area contributed by atoms with E-state index >= 15 is 0 Å². The fourth-order valence-electron chi connectivity index (χ4n) is 6.02. The molecule has 0 saturated carbocycles. The van der Waals surface area contributed by atoms with Crippen LogP contribution in [0, 0.1) is 23.2 Å². The molecule has 2 fully saturated rings. The van der Waals surface area contributed by atoms with Crippen LogP contribution in [0.2, 0.25) is 0 Å². The largest absolute Gasteiger partial charge is 0.490 e. The molecule has 3 heterocycles. The van der Waals surface area contributed by atoms with Gasteiger partial charge < -0.3 is 18.9 Å². The quantitative estimate of drug-likeness (QED) is 0.518. The summed E-state index contributed by atoms with van der Waals surface area (Å²) in [4.78, 5) is 19.7. The van der Waals surface area contributed by atoms with Crippen molar-refractivity contribution in [2.75, 3.05) is 6.61 Å². The molecule has 8 nitrogen and oxygen atoms in total. The number of aromatic nitrogens is 2. The number of benzene rings is 2. The van der Waals surface area contributed by atoms with E-state index in [1.54, 1.807) is 12.1 Å². The fourth-order valence-corrected chi connectivity index (χ4v) is 6.02. The fraction of sp³-hybridized carbons (Fsp3) is 0.429. The van der Waals surface area contributed by atoms with Crippen LogP contribution in [0.3, 0.4) is 0 Å². The summed E-state index contributed by atoms with van der Waals surface area (Å²) in [5, 5.41) is 13.9. The third-order valence-corrected chi connectivity index (χ3v) is 7.57. The van der Waals surface area contributed by atoms with Crippen molar-refractivity contribution < 1.29 is 18.8 Å². The van der Waals surface area contributed by atoms with Crippen molar-refractivity contribution in [2.45, 2.75) is 58.4 Å². The van der Waals surface area contributed by atoms with E-state index in [1.165, 1.54) is 0 Å². The summed E-state index contributed by atoms with van der Waals surface area (Å²) in [6.45, 7) is 8.66. The van der Waals surface area contributed by atoms with Crippen molar-refractivity contribution in [1.82, 2.24) is 15.0 Å². The summed E-state index contributed by atoms with van der Waals surface area (Å²) >= 11 is 0. The number of amides is 1. The number of hydrogen-bond donors (Lipinski definition) is 0. The van der Waals surface area contributed by atoms with E-state index in [2.05, 4.69) is 36.1 Å². The van der Waals surface area contributed by atoms with Gasteiger partial charge in [0.25, 0.3) is 5.89 Å². The molecule has 3 aromatic rings. The van der Waals surface area contributed by atoms with Gasteiger partial charge in [-0.3, -0.25) is 4.79 Å². The molecule has 2 aromatic carbocycles. The molecular weight excluding hydrogens is 456 g/mol. The Kier molecular flexibility index (Phi) is 5.16. The molecule has 2 saturated heterocycles. The van der Waals surface area contributed by atoms with Gasteiger partial charge in [-0.25, -0.2) is 0 Å². The first kappa shape index (κ1) is 22.7. The van der Waals surface area contributed by atoms with E-state index in [-0.39, 0.29) is 24.0 Å². The number of ether oxygens (including phenoxy) is 2. The first-order valence-corrected chi connectivity index (χ1v) is 12.5. The van der Waals surface area contributed by atoms with Gasteiger partial charge in [-0.05, 0) is 49.9 Å². The summed E-state index contributed by atoms with van der Waals surface area (Å²) in [7, 11) is 0. The van der Waals surface area contributed by atoms with Crippen LogP contribution in [-0.4, -0.2) is 39.7 Å². The minimum Gasteiger partial charge on any atom is -0.490 e. The number of nitrogens with zero attached hydrogens (tertiary/aromatic N) is 4. The molecule has 2 aliphatic heterocycles. The molecule has 6 rings (SSSR count). The van der Waals surface area contributed by atoms with Crippen LogP contribution in [0.4, 0.5) is 0 Å². The van der Waals surface area contributed by atoms with Crippen LogP contribution >= 0.6 is 0 Å². The van der Waals surface area contributed by atoms with Crippen LogP contribution in [0.5, 0.6) is 5.75 Å². The Morgan fingerprint density at radius 2 is 2.03 bits per heavy atom. The van der Waals surface area contributed by atoms with Crippen LogP contribution < -0.4 is 4.74 Å². The molecule has 1 spiro atoms. The predicted molar refractivity (Wildman–Crippen MR) is 131 cm³/mol. The molecule has 0 N–H and O–H groups in total. The molecule has 0 bridgehead atoms. The molecular formula is C28H28N4O4. The average Bonchev–Trinajstić information content (AvgIpc) is 3.60. The van der Waals surface area contributed by atoms with E-state index in [9.17, 15) is 10.1 Å². The summed E-state index contributed by atoms with van der Waals surface area (Å²) < 4.78 is 17.8. The maximum absolute atomic E-state index is 13.0. The van der Waals surface area contributed by atoms with Gasteiger partial charge in [-0.15, -0.1) is 0 Å². The lowest BCUT2D eigenvalue weighted by Gasteiger charge is -2.35. The molecule has 0 radical (unpaired) electrons. The van der Waals surface area contributed by atoms with Crippen LogP contribution in [-0.2, 0) is 21.7 Å². The van der Waals surface area contributed by atoms with Crippen molar-refractivity contribution >= 4 is 5.91 Å². The summed E-state index contributed by atoms with van der Waals surface area (Å²) in [6, 6.07) is 13.6. The molecule has 184 valence electrons. The van der Waals surface area contributed by atoms with Gasteiger partial charge in [0, 0.05) is 29.0 Å². The first-order chi connectivity index (χ1) is 17.3. The smallest absolute Gasteiger partial charge is 0.258 e. The Hall–Kier alpha value is -3.70. The van der Waals surface area contributed by atoms with E-state index in [4.69, 9.17) is 14.0 Å². The van der Waals surface area contributed by atoms with Crippen molar-refractivity contribution in [2.24, 2.45) is 11.8 Å².